The lowest BCUT2D eigenvalue weighted by atomic mass is 10.4. The minimum absolute atomic E-state index is 0.0932. The van der Waals surface area contributed by atoms with E-state index < -0.39 is 17.9 Å². The first-order valence-electron chi connectivity index (χ1n) is 3.82. The monoisotopic (exact) mass is 174 g/mol. The molecule has 1 atom stereocenters. The highest BCUT2D eigenvalue weighted by atomic mass is 16.3. The van der Waals surface area contributed by atoms with Crippen LogP contribution in [0, 0.1) is 0 Å². The molecule has 0 spiro atoms. The van der Waals surface area contributed by atoms with Gasteiger partial charge in [0.05, 0.1) is 6.10 Å². The molecule has 0 bridgehead atoms. The van der Waals surface area contributed by atoms with E-state index in [9.17, 15) is 9.59 Å². The molecule has 0 aromatic carbocycles. The molecular weight excluding hydrogens is 160 g/mol. The first-order chi connectivity index (χ1) is 5.57. The average Bonchev–Trinajstić information content (AvgIpc) is 2.00. The zero-order valence-electron chi connectivity index (χ0n) is 7.26. The molecule has 12 heavy (non-hydrogen) atoms. The average molecular weight is 174 g/mol. The quantitative estimate of drug-likeness (QED) is 0.461. The van der Waals surface area contributed by atoms with Gasteiger partial charge in [0.15, 0.2) is 0 Å². The molecule has 0 aromatic heterocycles. The summed E-state index contributed by atoms with van der Waals surface area (Å²) in [5.41, 5.74) is 0. The van der Waals surface area contributed by atoms with Gasteiger partial charge >= 0.3 is 11.8 Å². The zero-order chi connectivity index (χ0) is 9.56. The van der Waals surface area contributed by atoms with Crippen molar-refractivity contribution in [3.8, 4) is 0 Å². The molecule has 70 valence electrons. The highest BCUT2D eigenvalue weighted by molar-refractivity contribution is 6.35. The van der Waals surface area contributed by atoms with E-state index in [-0.39, 0.29) is 6.54 Å². The third-order valence-electron chi connectivity index (χ3n) is 1.10. The van der Waals surface area contributed by atoms with Gasteiger partial charge in [-0.3, -0.25) is 9.59 Å². The van der Waals surface area contributed by atoms with Crippen molar-refractivity contribution in [1.82, 2.24) is 10.6 Å². The Morgan fingerprint density at radius 2 is 1.83 bits per heavy atom. The Hall–Kier alpha value is -1.10. The molecule has 0 aliphatic carbocycles. The Bertz CT molecular complexity index is 168. The normalized spacial score (nSPS) is 11.9. The number of carbonyl (C=O) groups excluding carboxylic acids is 2. The van der Waals surface area contributed by atoms with Gasteiger partial charge in [-0.15, -0.1) is 0 Å². The molecule has 0 aliphatic heterocycles. The van der Waals surface area contributed by atoms with E-state index in [1.165, 1.54) is 6.92 Å². The third-order valence-corrected chi connectivity index (χ3v) is 1.10. The molecule has 0 fully saturated rings. The highest BCUT2D eigenvalue weighted by Crippen LogP contribution is 1.75. The number of aliphatic hydroxyl groups is 1. The molecule has 0 aliphatic rings. The lowest BCUT2D eigenvalue weighted by Gasteiger charge is -2.05. The summed E-state index contributed by atoms with van der Waals surface area (Å²) in [6.07, 6.45) is -0.636. The van der Waals surface area contributed by atoms with Crippen molar-refractivity contribution in [3.05, 3.63) is 0 Å². The highest BCUT2D eigenvalue weighted by Gasteiger charge is 2.11. The molecule has 0 rings (SSSR count). The predicted molar refractivity (Wildman–Crippen MR) is 43.4 cm³/mol. The Balaban J connectivity index is 3.65. The van der Waals surface area contributed by atoms with Crippen LogP contribution in [-0.4, -0.2) is 36.1 Å². The molecule has 0 saturated heterocycles. The lowest BCUT2D eigenvalue weighted by Crippen LogP contribution is -2.42. The largest absolute Gasteiger partial charge is 0.392 e. The van der Waals surface area contributed by atoms with Crippen LogP contribution in [-0.2, 0) is 9.59 Å². The van der Waals surface area contributed by atoms with Gasteiger partial charge in [0.25, 0.3) is 0 Å². The van der Waals surface area contributed by atoms with Gasteiger partial charge < -0.3 is 15.7 Å². The maximum Gasteiger partial charge on any atom is 0.309 e. The predicted octanol–water partition coefficient (Wildman–Crippen LogP) is -1.38. The summed E-state index contributed by atoms with van der Waals surface area (Å²) in [7, 11) is 0. The maximum atomic E-state index is 10.8. The molecule has 0 saturated carbocycles. The first-order valence-corrected chi connectivity index (χ1v) is 3.82. The van der Waals surface area contributed by atoms with Crippen LogP contribution in [0.4, 0.5) is 0 Å². The zero-order valence-corrected chi connectivity index (χ0v) is 7.26. The Kier molecular flexibility index (Phi) is 5.03. The molecule has 3 N–H and O–H groups in total. The number of nitrogens with one attached hydrogen (secondary N) is 2. The van der Waals surface area contributed by atoms with Gasteiger partial charge in [-0.05, 0) is 13.8 Å². The number of likely N-dealkylation sites (N-methyl/N-ethyl adjacent to an activating group) is 1. The van der Waals surface area contributed by atoms with E-state index in [0.717, 1.165) is 0 Å². The molecule has 0 heterocycles. The van der Waals surface area contributed by atoms with Crippen molar-refractivity contribution in [2.75, 3.05) is 13.1 Å². The summed E-state index contributed by atoms with van der Waals surface area (Å²) in [4.78, 5) is 21.6. The molecular formula is C7H14N2O3. The molecule has 5 heteroatoms. The second kappa shape index (κ2) is 5.54. The molecule has 5 nitrogen and oxygen atoms in total. The topological polar surface area (TPSA) is 78.4 Å². The van der Waals surface area contributed by atoms with Gasteiger partial charge in [0, 0.05) is 13.1 Å². The molecule has 0 unspecified atom stereocenters. The summed E-state index contributed by atoms with van der Waals surface area (Å²) in [6.45, 7) is 3.76. The second-order valence-corrected chi connectivity index (χ2v) is 2.42. The number of hydrogen-bond acceptors (Lipinski definition) is 3. The van der Waals surface area contributed by atoms with E-state index in [1.54, 1.807) is 6.92 Å². The summed E-state index contributed by atoms with van der Waals surface area (Å²) >= 11 is 0. The molecule has 0 aromatic rings. The second-order valence-electron chi connectivity index (χ2n) is 2.42. The number of amides is 2. The van der Waals surface area contributed by atoms with Gasteiger partial charge in [0.1, 0.15) is 0 Å². The van der Waals surface area contributed by atoms with Crippen molar-refractivity contribution in [2.24, 2.45) is 0 Å². The Morgan fingerprint density at radius 1 is 1.33 bits per heavy atom. The van der Waals surface area contributed by atoms with E-state index in [4.69, 9.17) is 5.11 Å². The van der Waals surface area contributed by atoms with Crippen LogP contribution in [0.3, 0.4) is 0 Å². The Labute approximate surface area is 71.1 Å². The van der Waals surface area contributed by atoms with Crippen molar-refractivity contribution < 1.29 is 14.7 Å². The van der Waals surface area contributed by atoms with Crippen LogP contribution in [0.2, 0.25) is 0 Å². The number of rotatable bonds is 3. The maximum absolute atomic E-state index is 10.8. The SMILES string of the molecule is CCNC(=O)C(=O)NC[C@H](C)O. The van der Waals surface area contributed by atoms with Crippen molar-refractivity contribution in [3.63, 3.8) is 0 Å². The van der Waals surface area contributed by atoms with E-state index in [0.29, 0.717) is 6.54 Å². The lowest BCUT2D eigenvalue weighted by molar-refractivity contribution is -0.139. The third kappa shape index (κ3) is 4.68. The van der Waals surface area contributed by atoms with Crippen LogP contribution in [0.15, 0.2) is 0 Å². The van der Waals surface area contributed by atoms with Crippen molar-refractivity contribution >= 4 is 11.8 Å². The van der Waals surface area contributed by atoms with Gasteiger partial charge in [-0.2, -0.15) is 0 Å². The number of hydrogen-bond donors (Lipinski definition) is 3. The van der Waals surface area contributed by atoms with Crippen molar-refractivity contribution in [2.45, 2.75) is 20.0 Å². The fraction of sp³-hybridized carbons (Fsp3) is 0.714. The van der Waals surface area contributed by atoms with Crippen LogP contribution >= 0.6 is 0 Å². The van der Waals surface area contributed by atoms with Crippen molar-refractivity contribution in [1.29, 1.82) is 0 Å². The molecule has 0 radical (unpaired) electrons. The van der Waals surface area contributed by atoms with Crippen LogP contribution < -0.4 is 10.6 Å². The van der Waals surface area contributed by atoms with Gasteiger partial charge in [0.2, 0.25) is 0 Å². The number of aliphatic hydroxyl groups excluding tert-OH is 1. The van der Waals surface area contributed by atoms with Gasteiger partial charge in [-0.1, -0.05) is 0 Å². The standard InChI is InChI=1S/C7H14N2O3/c1-3-8-6(11)7(12)9-4-5(2)10/h5,10H,3-4H2,1-2H3,(H,8,11)(H,9,12)/t5-/m0/s1. The fourth-order valence-electron chi connectivity index (χ4n) is 0.562. The van der Waals surface area contributed by atoms with E-state index >= 15 is 0 Å². The molecule has 2 amide bonds. The summed E-state index contributed by atoms with van der Waals surface area (Å²) in [6, 6.07) is 0. The summed E-state index contributed by atoms with van der Waals surface area (Å²) in [5, 5.41) is 13.4. The Morgan fingerprint density at radius 3 is 2.25 bits per heavy atom. The minimum Gasteiger partial charge on any atom is -0.392 e. The van der Waals surface area contributed by atoms with E-state index in [1.807, 2.05) is 0 Å². The smallest absolute Gasteiger partial charge is 0.309 e. The first kappa shape index (κ1) is 10.9. The van der Waals surface area contributed by atoms with E-state index in [2.05, 4.69) is 10.6 Å². The minimum atomic E-state index is -0.710. The summed E-state index contributed by atoms with van der Waals surface area (Å²) < 4.78 is 0. The van der Waals surface area contributed by atoms with Crippen LogP contribution in [0.5, 0.6) is 0 Å². The summed E-state index contributed by atoms with van der Waals surface area (Å²) in [5.74, 6) is -1.38. The fourth-order valence-corrected chi connectivity index (χ4v) is 0.562. The van der Waals surface area contributed by atoms with Crippen LogP contribution in [0.1, 0.15) is 13.8 Å². The number of carbonyl (C=O) groups is 2. The van der Waals surface area contributed by atoms with Gasteiger partial charge in [-0.25, -0.2) is 0 Å². The van der Waals surface area contributed by atoms with Crippen LogP contribution in [0.25, 0.3) is 0 Å².